The van der Waals surface area contributed by atoms with Gasteiger partial charge in [-0.3, -0.25) is 0 Å². The predicted molar refractivity (Wildman–Crippen MR) is 57.4 cm³/mol. The molecule has 14 heavy (non-hydrogen) atoms. The number of hydrogen-bond donors (Lipinski definition) is 1. The highest BCUT2D eigenvalue weighted by Gasteiger charge is 2.05. The largest absolute Gasteiger partial charge is 0.549 e. The minimum Gasteiger partial charge on any atom is -0.549 e. The first-order valence-corrected chi connectivity index (χ1v) is 4.97. The molecule has 2 nitrogen and oxygen atoms in total. The Morgan fingerprint density at radius 1 is 1.43 bits per heavy atom. The molecule has 0 bridgehead atoms. The highest BCUT2D eigenvalue weighted by molar-refractivity contribution is 7.81. The minimum absolute atomic E-state index is 0.409. The number of carbonyl (C=O) groups is 1. The fourth-order valence-electron chi connectivity index (χ4n) is 1.24. The number of benzene rings is 1. The second kappa shape index (κ2) is 4.51. The molecule has 1 aromatic carbocycles. The van der Waals surface area contributed by atoms with Gasteiger partial charge in [-0.25, -0.2) is 0 Å². The van der Waals surface area contributed by atoms with E-state index in [0.717, 1.165) is 5.56 Å². The average Bonchev–Trinajstić information content (AvgIpc) is 2.11. The topological polar surface area (TPSA) is 40.1 Å². The van der Waals surface area contributed by atoms with Gasteiger partial charge >= 0.3 is 0 Å². The first-order valence-electron chi connectivity index (χ1n) is 4.45. The molecule has 1 rings (SSSR count). The van der Waals surface area contributed by atoms with Gasteiger partial charge in [0.1, 0.15) is 0 Å². The van der Waals surface area contributed by atoms with Crippen LogP contribution in [0, 0.1) is 13.8 Å². The summed E-state index contributed by atoms with van der Waals surface area (Å²) in [7, 11) is 0. The van der Waals surface area contributed by atoms with Gasteiger partial charge in [0.25, 0.3) is 0 Å². The lowest BCUT2D eigenvalue weighted by Gasteiger charge is -2.12. The summed E-state index contributed by atoms with van der Waals surface area (Å²) in [5.41, 5.74) is 3.36. The van der Waals surface area contributed by atoms with E-state index in [2.05, 4.69) is 12.6 Å². The van der Waals surface area contributed by atoms with Gasteiger partial charge in [0.15, 0.2) is 0 Å². The number of rotatable bonds is 3. The van der Waals surface area contributed by atoms with Crippen molar-refractivity contribution in [2.24, 2.45) is 0 Å². The van der Waals surface area contributed by atoms with E-state index in [-0.39, 0.29) is 0 Å². The number of aryl methyl sites for hydroxylation is 2. The number of carboxylic acid groups (broad SMARTS) is 1. The number of thiol groups is 1. The Labute approximate surface area is 89.4 Å². The van der Waals surface area contributed by atoms with Crippen LogP contribution in [0.5, 0.6) is 0 Å². The van der Waals surface area contributed by atoms with Gasteiger partial charge in [-0.1, -0.05) is 18.2 Å². The molecule has 0 fully saturated rings. The highest BCUT2D eigenvalue weighted by atomic mass is 32.1. The fourth-order valence-corrected chi connectivity index (χ4v) is 1.45. The van der Waals surface area contributed by atoms with E-state index in [0.29, 0.717) is 6.42 Å². The van der Waals surface area contributed by atoms with Gasteiger partial charge < -0.3 is 9.90 Å². The molecule has 0 aromatic heterocycles. The highest BCUT2D eigenvalue weighted by Crippen LogP contribution is 2.13. The molecule has 0 aliphatic carbocycles. The zero-order chi connectivity index (χ0) is 10.7. The quantitative estimate of drug-likeness (QED) is 0.751. The van der Waals surface area contributed by atoms with Crippen LogP contribution in [0.1, 0.15) is 16.7 Å². The van der Waals surface area contributed by atoms with Crippen molar-refractivity contribution in [1.82, 2.24) is 0 Å². The molecular formula is C11H13O2S-. The average molecular weight is 209 g/mol. The third-order valence-corrected chi connectivity index (χ3v) is 2.67. The third kappa shape index (κ3) is 2.77. The number of hydrogen-bond acceptors (Lipinski definition) is 3. The van der Waals surface area contributed by atoms with Crippen molar-refractivity contribution in [2.75, 3.05) is 0 Å². The predicted octanol–water partition coefficient (Wildman–Crippen LogP) is 0.894. The first kappa shape index (κ1) is 11.1. The molecule has 0 spiro atoms. The van der Waals surface area contributed by atoms with Crippen molar-refractivity contribution in [3.8, 4) is 0 Å². The SMILES string of the molecule is Cc1ccc(C[C@H](S)C(=O)[O-])cc1C. The Bertz CT molecular complexity index is 347. The van der Waals surface area contributed by atoms with E-state index in [9.17, 15) is 9.90 Å². The smallest absolute Gasteiger partial charge is 0.0545 e. The summed E-state index contributed by atoms with van der Waals surface area (Å²) in [6, 6.07) is 5.90. The summed E-state index contributed by atoms with van der Waals surface area (Å²) in [6.07, 6.45) is 0.409. The lowest BCUT2D eigenvalue weighted by atomic mass is 10.0. The van der Waals surface area contributed by atoms with E-state index >= 15 is 0 Å². The molecule has 0 N–H and O–H groups in total. The van der Waals surface area contributed by atoms with Gasteiger partial charge in [-0.15, -0.1) is 0 Å². The minimum atomic E-state index is -1.12. The van der Waals surface area contributed by atoms with Gasteiger partial charge in [0.2, 0.25) is 0 Å². The van der Waals surface area contributed by atoms with Crippen molar-refractivity contribution >= 4 is 18.6 Å². The van der Waals surface area contributed by atoms with Crippen LogP contribution in [0.3, 0.4) is 0 Å². The van der Waals surface area contributed by atoms with Crippen LogP contribution in [0.15, 0.2) is 18.2 Å². The standard InChI is InChI=1S/C11H14O2S/c1-7-3-4-9(5-8(7)2)6-10(14)11(12)13/h3-5,10,14H,6H2,1-2H3,(H,12,13)/p-1/t10-/m0/s1. The Morgan fingerprint density at radius 2 is 2.07 bits per heavy atom. The van der Waals surface area contributed by atoms with Crippen molar-refractivity contribution in [3.05, 3.63) is 34.9 Å². The fraction of sp³-hybridized carbons (Fsp3) is 0.364. The Kier molecular flexibility index (Phi) is 3.58. The Balaban J connectivity index is 2.78. The molecule has 0 aliphatic heterocycles. The third-order valence-electron chi connectivity index (χ3n) is 2.27. The number of carbonyl (C=O) groups excluding carboxylic acids is 1. The summed E-state index contributed by atoms with van der Waals surface area (Å²) >= 11 is 3.93. The maximum atomic E-state index is 10.5. The molecule has 0 aliphatic rings. The molecule has 0 saturated carbocycles. The first-order chi connectivity index (χ1) is 6.50. The normalized spacial score (nSPS) is 12.5. The summed E-state index contributed by atoms with van der Waals surface area (Å²) in [6.45, 7) is 4.03. The summed E-state index contributed by atoms with van der Waals surface area (Å²) in [4.78, 5) is 10.5. The monoisotopic (exact) mass is 209 g/mol. The van der Waals surface area contributed by atoms with Crippen LogP contribution >= 0.6 is 12.6 Å². The molecule has 0 saturated heterocycles. The zero-order valence-corrected chi connectivity index (χ0v) is 9.17. The second-order valence-corrected chi connectivity index (χ2v) is 4.08. The molecule has 0 heterocycles. The zero-order valence-electron chi connectivity index (χ0n) is 8.28. The molecule has 1 aromatic rings. The number of carboxylic acids is 1. The Hall–Kier alpha value is -0.960. The molecule has 76 valence electrons. The van der Waals surface area contributed by atoms with E-state index < -0.39 is 11.2 Å². The van der Waals surface area contributed by atoms with Gasteiger partial charge in [-0.2, -0.15) is 12.6 Å². The molecule has 1 atom stereocenters. The molecular weight excluding hydrogens is 196 g/mol. The van der Waals surface area contributed by atoms with Gasteiger partial charge in [0, 0.05) is 5.25 Å². The van der Waals surface area contributed by atoms with E-state index in [1.807, 2.05) is 32.0 Å². The summed E-state index contributed by atoms with van der Waals surface area (Å²) < 4.78 is 0. The summed E-state index contributed by atoms with van der Waals surface area (Å²) in [5, 5.41) is 9.74. The lowest BCUT2D eigenvalue weighted by Crippen LogP contribution is -2.33. The van der Waals surface area contributed by atoms with E-state index in [1.165, 1.54) is 11.1 Å². The maximum Gasteiger partial charge on any atom is 0.0545 e. The molecule has 0 radical (unpaired) electrons. The van der Waals surface area contributed by atoms with Crippen LogP contribution in [0.2, 0.25) is 0 Å². The van der Waals surface area contributed by atoms with Gasteiger partial charge in [0.05, 0.1) is 5.97 Å². The Morgan fingerprint density at radius 3 is 2.57 bits per heavy atom. The van der Waals surface area contributed by atoms with Crippen LogP contribution in [-0.4, -0.2) is 11.2 Å². The molecule has 3 heteroatoms. The number of aliphatic carboxylic acids is 1. The van der Waals surface area contributed by atoms with Crippen LogP contribution in [0.25, 0.3) is 0 Å². The van der Waals surface area contributed by atoms with E-state index in [1.54, 1.807) is 0 Å². The van der Waals surface area contributed by atoms with Crippen LogP contribution < -0.4 is 5.11 Å². The van der Waals surface area contributed by atoms with Crippen LogP contribution in [-0.2, 0) is 11.2 Å². The van der Waals surface area contributed by atoms with E-state index in [4.69, 9.17) is 0 Å². The summed E-state index contributed by atoms with van der Waals surface area (Å²) in [5.74, 6) is -1.12. The van der Waals surface area contributed by atoms with Crippen molar-refractivity contribution in [1.29, 1.82) is 0 Å². The van der Waals surface area contributed by atoms with Crippen molar-refractivity contribution < 1.29 is 9.90 Å². The van der Waals surface area contributed by atoms with Gasteiger partial charge in [-0.05, 0) is 37.0 Å². The second-order valence-electron chi connectivity index (χ2n) is 3.46. The van der Waals surface area contributed by atoms with Crippen molar-refractivity contribution in [2.45, 2.75) is 25.5 Å². The lowest BCUT2D eigenvalue weighted by molar-refractivity contribution is -0.304. The molecule has 0 amide bonds. The van der Waals surface area contributed by atoms with Crippen LogP contribution in [0.4, 0.5) is 0 Å². The maximum absolute atomic E-state index is 10.5. The molecule has 0 unspecified atom stereocenters. The van der Waals surface area contributed by atoms with Crippen molar-refractivity contribution in [3.63, 3.8) is 0 Å².